The molecule has 64 heavy (non-hydrogen) atoms. The molecule has 0 spiro atoms. The second-order valence-corrected chi connectivity index (χ2v) is 19.3. The van der Waals surface area contributed by atoms with Crippen LogP contribution in [0.1, 0.15) is 142 Å². The molecule has 1 aliphatic rings. The number of benzene rings is 2. The third-order valence-electron chi connectivity index (χ3n) is 11.3. The molecule has 0 amide bonds. The predicted molar refractivity (Wildman–Crippen MR) is 248 cm³/mol. The van der Waals surface area contributed by atoms with Crippen molar-refractivity contribution >= 4 is 52.2 Å². The Labute approximate surface area is 386 Å². The first-order valence-corrected chi connectivity index (χ1v) is 25.8. The van der Waals surface area contributed by atoms with E-state index in [0.29, 0.717) is 29.3 Å². The molecular formula is C48H66AsFN5O8P. The van der Waals surface area contributed by atoms with Crippen LogP contribution in [0.5, 0.6) is 5.75 Å². The van der Waals surface area contributed by atoms with Gasteiger partial charge < -0.3 is 4.74 Å². The van der Waals surface area contributed by atoms with E-state index in [2.05, 4.69) is 32.9 Å². The fourth-order valence-corrected chi connectivity index (χ4v) is 10.1. The zero-order valence-corrected chi connectivity index (χ0v) is 40.9. The summed E-state index contributed by atoms with van der Waals surface area (Å²) in [6.07, 6.45) is 20.0. The van der Waals surface area contributed by atoms with Gasteiger partial charge in [-0.25, -0.2) is 0 Å². The van der Waals surface area contributed by atoms with Crippen molar-refractivity contribution in [3.8, 4) is 18.1 Å². The second-order valence-electron chi connectivity index (χ2n) is 16.5. The summed E-state index contributed by atoms with van der Waals surface area (Å²) in [5.74, 6) is 1.75. The van der Waals surface area contributed by atoms with Crippen LogP contribution in [0.4, 0.5) is 4.39 Å². The Bertz CT molecular complexity index is 2140. The molecule has 5 rings (SSSR count). The second kappa shape index (κ2) is 26.1. The minimum absolute atomic E-state index is 0.00923. The minimum atomic E-state index is -4.56. The molecule has 1 aliphatic heterocycles. The number of carbonyl (C=O) groups excluding carboxylic acids is 2. The predicted octanol–water partition coefficient (Wildman–Crippen LogP) is 9.04. The molecule has 0 saturated carbocycles. The number of para-hydroxylation sites is 1. The van der Waals surface area contributed by atoms with Gasteiger partial charge in [0.15, 0.2) is 0 Å². The van der Waals surface area contributed by atoms with E-state index in [4.69, 9.17) is 29.7 Å². The van der Waals surface area contributed by atoms with Gasteiger partial charge in [-0.15, -0.1) is 0 Å². The third kappa shape index (κ3) is 15.2. The molecule has 0 aliphatic carbocycles. The fourth-order valence-electron chi connectivity index (χ4n) is 7.89. The zero-order chi connectivity index (χ0) is 45.8. The Morgan fingerprint density at radius 1 is 0.938 bits per heavy atom. The number of carbonyl (C=O) groups is 2. The molecular weight excluding hydrogens is 899 g/mol. The maximum absolute atomic E-state index is 15.2. The number of esters is 2. The van der Waals surface area contributed by atoms with Gasteiger partial charge >= 0.3 is 196 Å². The van der Waals surface area contributed by atoms with Gasteiger partial charge in [0.05, 0.1) is 0 Å². The van der Waals surface area contributed by atoms with Gasteiger partial charge in [0, 0.05) is 0 Å². The van der Waals surface area contributed by atoms with Crippen LogP contribution in [-0.2, 0) is 39.3 Å². The number of hydrogen-bond donors (Lipinski definition) is 1. The number of imidazole rings is 1. The van der Waals surface area contributed by atoms with Crippen LogP contribution in [0.25, 0.3) is 11.2 Å². The monoisotopic (exact) mass is 965 g/mol. The van der Waals surface area contributed by atoms with Crippen LogP contribution in [0, 0.1) is 18.4 Å². The van der Waals surface area contributed by atoms with Crippen molar-refractivity contribution in [2.75, 3.05) is 6.61 Å². The van der Waals surface area contributed by atoms with Gasteiger partial charge in [-0.3, -0.25) is 4.79 Å². The molecule has 1 N–H and O–H groups in total. The van der Waals surface area contributed by atoms with Crippen molar-refractivity contribution < 1.29 is 41.8 Å². The molecule has 4 aromatic rings. The fraction of sp³-hybridized carbons (Fsp3) is 0.562. The van der Waals surface area contributed by atoms with E-state index in [1.807, 2.05) is 44.2 Å². The summed E-state index contributed by atoms with van der Waals surface area (Å²) in [6, 6.07) is 16.5. The van der Waals surface area contributed by atoms with E-state index < -0.39 is 56.3 Å². The SMILES string of the molecule is C#C[C@]1(CO[P@@](=O)(N[C@@H](Cc2ccccc2)C(=O)OC(CCC)CCC)Oc2ccccc2)O[C@@H](n2cnc3c([AsH2])nc(F)nc32)C[C@@H]1OC(=O)CCCCCCCCCCCCC. The van der Waals surface area contributed by atoms with Gasteiger partial charge in [0.1, 0.15) is 6.10 Å². The van der Waals surface area contributed by atoms with Gasteiger partial charge in [-0.2, -0.15) is 0 Å². The Morgan fingerprint density at radius 3 is 2.19 bits per heavy atom. The number of hydrogen-bond acceptors (Lipinski definition) is 11. The summed E-state index contributed by atoms with van der Waals surface area (Å²) < 4.78 is 62.7. The van der Waals surface area contributed by atoms with Crippen LogP contribution < -0.4 is 14.1 Å². The smallest absolute Gasteiger partial charge is 0.0654 e. The van der Waals surface area contributed by atoms with Crippen molar-refractivity contribution in [1.82, 2.24) is 24.6 Å². The third-order valence-corrected chi connectivity index (χ3v) is 13.7. The number of fused-ring (bicyclic) bond motifs is 1. The number of unbranched alkanes of at least 4 members (excludes halogenated alkanes) is 10. The average molecular weight is 966 g/mol. The average Bonchev–Trinajstić information content (AvgIpc) is 3.87. The van der Waals surface area contributed by atoms with E-state index in [1.54, 1.807) is 30.3 Å². The number of halogens is 1. The Kier molecular flexibility index (Phi) is 20.8. The first-order chi connectivity index (χ1) is 31.0. The van der Waals surface area contributed by atoms with Gasteiger partial charge in [-0.1, -0.05) is 140 Å². The standard InChI is InChI=1S/C48H66AsFN5O8P/c1-5-9-10-11-12-13-14-15-16-17-24-31-42(56)61-40-33-41(55-35-51-43-44(49)52-47(50)53-45(43)55)62-48(40,8-4)34-59-64(58,63-38-29-22-19-23-30-38)54-39(32-36-27-20-18-21-28-36)46(57)60-37(25-6-2)26-7-3/h4,18-23,27-30,35,37,39-41H,5-7,9-17,24-26,31-34,49H2,1-3H3,(H,54,58)/t39-,40-,41+,48+,64-/m0/s1. The van der Waals surface area contributed by atoms with Gasteiger partial charge in [0.25, 0.3) is 0 Å². The van der Waals surface area contributed by atoms with Crippen molar-refractivity contribution in [1.29, 1.82) is 0 Å². The van der Waals surface area contributed by atoms with Gasteiger partial charge in [-0.05, 0) is 37.0 Å². The molecule has 13 nitrogen and oxygen atoms in total. The normalized spacial score (nSPS) is 18.7. The molecule has 1 fully saturated rings. The van der Waals surface area contributed by atoms with E-state index in [1.165, 1.54) is 55.8 Å². The van der Waals surface area contributed by atoms with E-state index in [0.717, 1.165) is 54.5 Å². The zero-order valence-electron chi connectivity index (χ0n) is 37.6. The number of ether oxygens (including phenoxy) is 3. The molecule has 16 heteroatoms. The molecule has 2 aromatic heterocycles. The minimum Gasteiger partial charge on any atom is -0.0654 e. The molecule has 0 radical (unpaired) electrons. The molecule has 1 unspecified atom stereocenters. The summed E-state index contributed by atoms with van der Waals surface area (Å²) >= 11 is 1.07. The van der Waals surface area contributed by atoms with Crippen molar-refractivity contribution in [3.05, 3.63) is 78.6 Å². The number of aromatic nitrogens is 4. The Hall–Kier alpha value is -4.11. The summed E-state index contributed by atoms with van der Waals surface area (Å²) in [5.41, 5.74) is -0.505. The molecule has 348 valence electrons. The number of rotatable bonds is 29. The molecule has 3 heterocycles. The molecule has 0 bridgehead atoms. The van der Waals surface area contributed by atoms with Crippen LogP contribution >= 0.6 is 7.75 Å². The summed E-state index contributed by atoms with van der Waals surface area (Å²) in [6.45, 7) is 5.66. The molecule has 2 aromatic carbocycles. The van der Waals surface area contributed by atoms with Crippen molar-refractivity contribution in [2.45, 2.75) is 166 Å². The van der Waals surface area contributed by atoms with Crippen LogP contribution in [-0.4, -0.2) is 78.8 Å². The summed E-state index contributed by atoms with van der Waals surface area (Å²) in [4.78, 5) is 39.9. The van der Waals surface area contributed by atoms with Crippen LogP contribution in [0.15, 0.2) is 67.0 Å². The quantitative estimate of drug-likeness (QED) is 0.0138. The molecule has 6 atom stereocenters. The van der Waals surface area contributed by atoms with Gasteiger partial charge in [0.2, 0.25) is 0 Å². The Balaban J connectivity index is 1.38. The maximum atomic E-state index is 15.2. The number of terminal acetylenes is 1. The Morgan fingerprint density at radius 2 is 1.56 bits per heavy atom. The van der Waals surface area contributed by atoms with Crippen LogP contribution in [0.2, 0.25) is 0 Å². The van der Waals surface area contributed by atoms with E-state index in [-0.39, 0.29) is 36.8 Å². The summed E-state index contributed by atoms with van der Waals surface area (Å²) in [5, 5.41) is 2.91. The number of nitrogens with zero attached hydrogens (tertiary/aromatic N) is 4. The first-order valence-electron chi connectivity index (χ1n) is 23.0. The van der Waals surface area contributed by atoms with Crippen molar-refractivity contribution in [2.24, 2.45) is 0 Å². The topological polar surface area (TPSA) is 153 Å². The molecule has 1 saturated heterocycles. The number of nitrogens with one attached hydrogen (secondary N) is 1. The van der Waals surface area contributed by atoms with E-state index in [9.17, 15) is 14.0 Å². The van der Waals surface area contributed by atoms with Crippen molar-refractivity contribution in [3.63, 3.8) is 0 Å². The summed E-state index contributed by atoms with van der Waals surface area (Å²) in [7, 11) is -4.56. The first kappa shape index (κ1) is 50.9. The van der Waals surface area contributed by atoms with E-state index >= 15 is 4.57 Å². The van der Waals surface area contributed by atoms with Crippen LogP contribution in [0.3, 0.4) is 0 Å².